The Labute approximate surface area is 162 Å². The van der Waals surface area contributed by atoms with Crippen molar-refractivity contribution in [2.75, 3.05) is 31.1 Å². The van der Waals surface area contributed by atoms with E-state index in [2.05, 4.69) is 11.0 Å². The molecule has 0 spiro atoms. The van der Waals surface area contributed by atoms with Crippen molar-refractivity contribution in [3.05, 3.63) is 53.1 Å². The van der Waals surface area contributed by atoms with Gasteiger partial charge in [-0.1, -0.05) is 0 Å². The summed E-state index contributed by atoms with van der Waals surface area (Å²) in [6.07, 6.45) is 0.867. The number of halogens is 1. The van der Waals surface area contributed by atoms with Gasteiger partial charge in [-0.15, -0.1) is 0 Å². The zero-order valence-corrected chi connectivity index (χ0v) is 15.7. The Morgan fingerprint density at radius 3 is 2.75 bits per heavy atom. The summed E-state index contributed by atoms with van der Waals surface area (Å²) in [5.41, 5.74) is 3.00. The van der Waals surface area contributed by atoms with E-state index >= 15 is 0 Å². The van der Waals surface area contributed by atoms with Crippen LogP contribution in [0.3, 0.4) is 0 Å². The number of likely N-dealkylation sites (tertiary alicyclic amines) is 1. The molecule has 0 saturated carbocycles. The lowest BCUT2D eigenvalue weighted by atomic mass is 9.86. The lowest BCUT2D eigenvalue weighted by Gasteiger charge is -2.33. The van der Waals surface area contributed by atoms with E-state index in [9.17, 15) is 14.0 Å². The van der Waals surface area contributed by atoms with Crippen molar-refractivity contribution in [2.24, 2.45) is 0 Å². The second-order valence-electron chi connectivity index (χ2n) is 8.01. The van der Waals surface area contributed by atoms with Crippen LogP contribution in [0.25, 0.3) is 0 Å². The summed E-state index contributed by atoms with van der Waals surface area (Å²) in [5.74, 6) is 0.681. The Morgan fingerprint density at radius 2 is 2.04 bits per heavy atom. The minimum absolute atomic E-state index is 0.129. The zero-order chi connectivity index (χ0) is 19.5. The van der Waals surface area contributed by atoms with E-state index in [1.54, 1.807) is 17.0 Å². The fourth-order valence-corrected chi connectivity index (χ4v) is 4.23. The number of alkyl halides is 1. The molecule has 0 N–H and O–H groups in total. The van der Waals surface area contributed by atoms with Gasteiger partial charge in [-0.25, -0.2) is 4.39 Å². The second-order valence-corrected chi connectivity index (χ2v) is 8.01. The van der Waals surface area contributed by atoms with Gasteiger partial charge in [-0.05, 0) is 48.9 Å². The van der Waals surface area contributed by atoms with Crippen LogP contribution >= 0.6 is 0 Å². The largest absolute Gasteiger partial charge is 0.490 e. The predicted octanol–water partition coefficient (Wildman–Crippen LogP) is 3.53. The third-order valence-electron chi connectivity index (χ3n) is 5.83. The highest BCUT2D eigenvalue weighted by molar-refractivity contribution is 6.07. The van der Waals surface area contributed by atoms with Gasteiger partial charge in [0.15, 0.2) is 5.78 Å². The van der Waals surface area contributed by atoms with E-state index in [-0.39, 0.29) is 18.2 Å². The van der Waals surface area contributed by atoms with Gasteiger partial charge in [0.1, 0.15) is 18.0 Å². The number of fused-ring (bicyclic) bond motifs is 2. The number of amides is 1. The van der Waals surface area contributed by atoms with E-state index in [0.717, 1.165) is 22.5 Å². The van der Waals surface area contributed by atoms with E-state index in [0.29, 0.717) is 43.9 Å². The highest BCUT2D eigenvalue weighted by Gasteiger charge is 2.36. The van der Waals surface area contributed by atoms with Gasteiger partial charge in [0, 0.05) is 36.2 Å². The molecule has 0 aromatic heterocycles. The van der Waals surface area contributed by atoms with Crippen molar-refractivity contribution in [2.45, 2.75) is 25.4 Å². The third-order valence-corrected chi connectivity index (χ3v) is 5.83. The van der Waals surface area contributed by atoms with Gasteiger partial charge in [0.05, 0.1) is 18.8 Å². The molecule has 5 rings (SSSR count). The maximum absolute atomic E-state index is 14.1. The SMILES string of the molecule is C[C@]1(F)CCN(C(=O)c2ccc3c(c2)OCCN3c2ccc3c(c2)CC3=O)C1. The standard InChI is InChI=1S/C22H21FN2O3/c1-22(23)6-7-24(13-22)21(27)14-2-5-18-20(12-14)28-9-8-25(18)16-3-4-17-15(10-16)11-19(17)26/h2-5,10,12H,6-9,11,13H2,1H3/t22-/m0/s1. The summed E-state index contributed by atoms with van der Waals surface area (Å²) in [6.45, 7) is 3.30. The van der Waals surface area contributed by atoms with E-state index in [4.69, 9.17) is 4.74 Å². The molecule has 2 aliphatic heterocycles. The molecule has 1 fully saturated rings. The molecule has 3 aliphatic rings. The topological polar surface area (TPSA) is 49.9 Å². The number of carbonyl (C=O) groups excluding carboxylic acids is 2. The van der Waals surface area contributed by atoms with Crippen LogP contribution in [0.4, 0.5) is 15.8 Å². The third kappa shape index (κ3) is 2.75. The van der Waals surface area contributed by atoms with Crippen LogP contribution in [-0.4, -0.2) is 48.5 Å². The number of ketones is 1. The van der Waals surface area contributed by atoms with Crippen LogP contribution in [0.2, 0.25) is 0 Å². The first kappa shape index (κ1) is 17.2. The number of anilines is 2. The monoisotopic (exact) mass is 380 g/mol. The van der Waals surface area contributed by atoms with Gasteiger partial charge < -0.3 is 14.5 Å². The minimum Gasteiger partial charge on any atom is -0.490 e. The van der Waals surface area contributed by atoms with Gasteiger partial charge in [-0.2, -0.15) is 0 Å². The lowest BCUT2D eigenvalue weighted by Crippen LogP contribution is -2.32. The van der Waals surface area contributed by atoms with Crippen molar-refractivity contribution in [1.82, 2.24) is 4.90 Å². The van der Waals surface area contributed by atoms with Crippen molar-refractivity contribution in [3.63, 3.8) is 0 Å². The Morgan fingerprint density at radius 1 is 1.18 bits per heavy atom. The van der Waals surface area contributed by atoms with Crippen LogP contribution in [0, 0.1) is 0 Å². The summed E-state index contributed by atoms with van der Waals surface area (Å²) in [4.78, 5) is 28.0. The Balaban J connectivity index is 1.43. The number of ether oxygens (including phenoxy) is 1. The first-order valence-electron chi connectivity index (χ1n) is 9.60. The van der Waals surface area contributed by atoms with Gasteiger partial charge in [-0.3, -0.25) is 9.59 Å². The average Bonchev–Trinajstić information content (AvgIpc) is 3.05. The maximum Gasteiger partial charge on any atom is 0.254 e. The molecule has 2 aromatic rings. The second kappa shape index (κ2) is 6.06. The quantitative estimate of drug-likeness (QED) is 0.800. The van der Waals surface area contributed by atoms with Crippen LogP contribution < -0.4 is 9.64 Å². The molecule has 28 heavy (non-hydrogen) atoms. The molecule has 1 saturated heterocycles. The van der Waals surface area contributed by atoms with Crippen molar-refractivity contribution in [3.8, 4) is 5.75 Å². The molecule has 1 aliphatic carbocycles. The smallest absolute Gasteiger partial charge is 0.254 e. The van der Waals surface area contributed by atoms with Crippen molar-refractivity contribution >= 4 is 23.1 Å². The number of rotatable bonds is 2. The van der Waals surface area contributed by atoms with Crippen molar-refractivity contribution in [1.29, 1.82) is 0 Å². The summed E-state index contributed by atoms with van der Waals surface area (Å²) < 4.78 is 19.9. The normalized spacial score (nSPS) is 23.0. The summed E-state index contributed by atoms with van der Waals surface area (Å²) >= 11 is 0. The highest BCUT2D eigenvalue weighted by Crippen LogP contribution is 2.39. The first-order valence-corrected chi connectivity index (χ1v) is 9.60. The number of hydrogen-bond acceptors (Lipinski definition) is 4. The molecule has 1 atom stereocenters. The molecule has 0 bridgehead atoms. The molecule has 0 unspecified atom stereocenters. The fraction of sp³-hybridized carbons (Fsp3) is 0.364. The molecule has 6 heteroatoms. The van der Waals surface area contributed by atoms with Gasteiger partial charge in [0.25, 0.3) is 5.91 Å². The van der Waals surface area contributed by atoms with Crippen LogP contribution in [0.5, 0.6) is 5.75 Å². The molecular formula is C22H21FN2O3. The zero-order valence-electron chi connectivity index (χ0n) is 15.7. The molecular weight excluding hydrogens is 359 g/mol. The summed E-state index contributed by atoms with van der Waals surface area (Å²) in [6, 6.07) is 11.3. The molecule has 2 heterocycles. The molecule has 144 valence electrons. The fourth-order valence-electron chi connectivity index (χ4n) is 4.23. The van der Waals surface area contributed by atoms with Crippen LogP contribution in [0.1, 0.15) is 39.6 Å². The molecule has 0 radical (unpaired) electrons. The average molecular weight is 380 g/mol. The van der Waals surface area contributed by atoms with Crippen molar-refractivity contribution < 1.29 is 18.7 Å². The van der Waals surface area contributed by atoms with E-state index in [1.165, 1.54) is 6.92 Å². The highest BCUT2D eigenvalue weighted by atomic mass is 19.1. The van der Waals surface area contributed by atoms with E-state index in [1.807, 2.05) is 18.2 Å². The minimum atomic E-state index is -1.31. The number of benzene rings is 2. The lowest BCUT2D eigenvalue weighted by molar-refractivity contribution is 0.0760. The number of hydrogen-bond donors (Lipinski definition) is 0. The number of nitrogens with zero attached hydrogens (tertiary/aromatic N) is 2. The summed E-state index contributed by atoms with van der Waals surface area (Å²) in [5, 5.41) is 0. The Bertz CT molecular complexity index is 1000. The molecule has 2 aromatic carbocycles. The predicted molar refractivity (Wildman–Crippen MR) is 103 cm³/mol. The van der Waals surface area contributed by atoms with Gasteiger partial charge >= 0.3 is 0 Å². The van der Waals surface area contributed by atoms with Crippen LogP contribution in [0.15, 0.2) is 36.4 Å². The van der Waals surface area contributed by atoms with Gasteiger partial charge in [0.2, 0.25) is 0 Å². The Hall–Kier alpha value is -2.89. The summed E-state index contributed by atoms with van der Waals surface area (Å²) in [7, 11) is 0. The van der Waals surface area contributed by atoms with Crippen LogP contribution in [-0.2, 0) is 6.42 Å². The first-order chi connectivity index (χ1) is 13.4. The number of carbonyl (C=O) groups is 2. The maximum atomic E-state index is 14.1. The molecule has 5 nitrogen and oxygen atoms in total. The number of Topliss-reactive ketones (excluding diaryl/α,β-unsaturated/α-hetero) is 1. The molecule has 1 amide bonds. The Kier molecular flexibility index (Phi) is 3.73. The van der Waals surface area contributed by atoms with E-state index < -0.39 is 5.67 Å².